The van der Waals surface area contributed by atoms with Gasteiger partial charge in [0.05, 0.1) is 26.9 Å². The summed E-state index contributed by atoms with van der Waals surface area (Å²) in [6.07, 6.45) is 0. The third-order valence-electron chi connectivity index (χ3n) is 2.94. The Balaban J connectivity index is 2.15. The van der Waals surface area contributed by atoms with Gasteiger partial charge in [-0.2, -0.15) is 0 Å². The molecule has 1 aromatic carbocycles. The van der Waals surface area contributed by atoms with Gasteiger partial charge in [0, 0.05) is 7.11 Å². The summed E-state index contributed by atoms with van der Waals surface area (Å²) in [5.41, 5.74) is -0.0414. The SMILES string of the molecule is COCCOCCOc1ccc(OC)c2c1S(=O)(=O)NC2=O. The summed E-state index contributed by atoms with van der Waals surface area (Å²) in [6, 6.07) is 2.94. The number of benzene rings is 1. The van der Waals surface area contributed by atoms with Crippen LogP contribution < -0.4 is 14.2 Å². The van der Waals surface area contributed by atoms with Crippen LogP contribution in [0.25, 0.3) is 0 Å². The molecule has 1 N–H and O–H groups in total. The first-order valence-corrected chi connectivity index (χ1v) is 7.97. The lowest BCUT2D eigenvalue weighted by Gasteiger charge is -2.11. The van der Waals surface area contributed by atoms with Gasteiger partial charge >= 0.3 is 0 Å². The van der Waals surface area contributed by atoms with Crippen LogP contribution in [0, 0.1) is 0 Å². The minimum absolute atomic E-state index is 0.0414. The Kier molecular flexibility index (Phi) is 5.22. The molecule has 0 radical (unpaired) electrons. The number of amides is 1. The molecular formula is C13H17NO7S. The van der Waals surface area contributed by atoms with Crippen molar-refractivity contribution >= 4 is 15.9 Å². The second-order valence-electron chi connectivity index (χ2n) is 4.36. The zero-order valence-corrected chi connectivity index (χ0v) is 13.1. The van der Waals surface area contributed by atoms with Crippen LogP contribution >= 0.6 is 0 Å². The predicted octanol–water partition coefficient (Wildman–Crippen LogP) is 0.169. The number of fused-ring (bicyclic) bond motifs is 1. The molecule has 22 heavy (non-hydrogen) atoms. The third-order valence-corrected chi connectivity index (χ3v) is 4.34. The average molecular weight is 331 g/mol. The van der Waals surface area contributed by atoms with E-state index in [1.165, 1.54) is 19.2 Å². The molecule has 1 amide bonds. The van der Waals surface area contributed by atoms with Gasteiger partial charge in [0.2, 0.25) is 0 Å². The van der Waals surface area contributed by atoms with Crippen molar-refractivity contribution in [2.75, 3.05) is 40.6 Å². The molecule has 0 spiro atoms. The summed E-state index contributed by atoms with van der Waals surface area (Å²) in [4.78, 5) is 11.6. The smallest absolute Gasteiger partial charge is 0.270 e. The van der Waals surface area contributed by atoms with Crippen LogP contribution in [-0.2, 0) is 19.5 Å². The molecule has 1 aromatic rings. The van der Waals surface area contributed by atoms with Crippen LogP contribution in [0.3, 0.4) is 0 Å². The summed E-state index contributed by atoms with van der Waals surface area (Å²) >= 11 is 0. The van der Waals surface area contributed by atoms with Crippen molar-refractivity contribution in [3.63, 3.8) is 0 Å². The summed E-state index contributed by atoms with van der Waals surface area (Å²) in [6.45, 7) is 1.29. The van der Waals surface area contributed by atoms with E-state index < -0.39 is 15.9 Å². The third kappa shape index (κ3) is 3.32. The van der Waals surface area contributed by atoms with Crippen molar-refractivity contribution in [3.05, 3.63) is 17.7 Å². The first kappa shape index (κ1) is 16.5. The number of carbonyl (C=O) groups is 1. The summed E-state index contributed by atoms with van der Waals surface area (Å²) in [5.74, 6) is -0.463. The fourth-order valence-corrected chi connectivity index (χ4v) is 3.29. The van der Waals surface area contributed by atoms with E-state index in [1.807, 2.05) is 4.72 Å². The quantitative estimate of drug-likeness (QED) is 0.678. The zero-order valence-electron chi connectivity index (χ0n) is 12.2. The molecule has 1 aliphatic heterocycles. The van der Waals surface area contributed by atoms with Gasteiger partial charge in [-0.15, -0.1) is 0 Å². The van der Waals surface area contributed by atoms with Gasteiger partial charge in [0.1, 0.15) is 28.6 Å². The van der Waals surface area contributed by atoms with Crippen LogP contribution in [-0.4, -0.2) is 55.0 Å². The van der Waals surface area contributed by atoms with E-state index in [2.05, 4.69) is 0 Å². The minimum atomic E-state index is -3.93. The molecule has 8 nitrogen and oxygen atoms in total. The highest BCUT2D eigenvalue weighted by atomic mass is 32.2. The van der Waals surface area contributed by atoms with Crippen LogP contribution in [0.1, 0.15) is 10.4 Å². The lowest BCUT2D eigenvalue weighted by atomic mass is 10.2. The number of hydrogen-bond donors (Lipinski definition) is 1. The Morgan fingerprint density at radius 2 is 1.73 bits per heavy atom. The fraction of sp³-hybridized carbons (Fsp3) is 0.462. The Labute approximate surface area is 128 Å². The largest absolute Gasteiger partial charge is 0.496 e. The van der Waals surface area contributed by atoms with E-state index in [0.717, 1.165) is 0 Å². The van der Waals surface area contributed by atoms with Gasteiger partial charge in [-0.1, -0.05) is 0 Å². The summed E-state index contributed by atoms with van der Waals surface area (Å²) in [7, 11) is -1.01. The van der Waals surface area contributed by atoms with Crippen molar-refractivity contribution in [2.24, 2.45) is 0 Å². The summed E-state index contributed by atoms with van der Waals surface area (Å²) in [5, 5.41) is 0. The van der Waals surface area contributed by atoms with E-state index in [-0.39, 0.29) is 35.2 Å². The number of nitrogens with one attached hydrogen (secondary N) is 1. The molecule has 0 aliphatic carbocycles. The maximum atomic E-state index is 12.0. The number of rotatable bonds is 8. The highest BCUT2D eigenvalue weighted by Gasteiger charge is 2.38. The lowest BCUT2D eigenvalue weighted by Crippen LogP contribution is -2.21. The van der Waals surface area contributed by atoms with E-state index >= 15 is 0 Å². The maximum Gasteiger partial charge on any atom is 0.270 e. The topological polar surface area (TPSA) is 100 Å². The maximum absolute atomic E-state index is 12.0. The molecule has 0 saturated carbocycles. The standard InChI is InChI=1S/C13H17NO7S/c1-18-5-6-20-7-8-21-10-4-3-9(19-2)11-12(10)22(16,17)14-13(11)15/h3-4H,5-8H2,1-2H3,(H,14,15). The van der Waals surface area contributed by atoms with E-state index in [1.54, 1.807) is 7.11 Å². The molecule has 0 atom stereocenters. The molecule has 1 heterocycles. The first-order valence-electron chi connectivity index (χ1n) is 6.49. The lowest BCUT2D eigenvalue weighted by molar-refractivity contribution is 0.0539. The van der Waals surface area contributed by atoms with Gasteiger partial charge in [-0.25, -0.2) is 13.1 Å². The molecule has 1 aliphatic rings. The molecule has 122 valence electrons. The van der Waals surface area contributed by atoms with Gasteiger partial charge in [-0.05, 0) is 12.1 Å². The van der Waals surface area contributed by atoms with E-state index in [0.29, 0.717) is 13.2 Å². The van der Waals surface area contributed by atoms with Crippen molar-refractivity contribution in [2.45, 2.75) is 4.90 Å². The molecule has 9 heteroatoms. The molecule has 0 fully saturated rings. The normalized spacial score (nSPS) is 15.3. The number of ether oxygens (including phenoxy) is 4. The molecule has 2 rings (SSSR count). The van der Waals surface area contributed by atoms with Crippen molar-refractivity contribution in [1.82, 2.24) is 4.72 Å². The molecule has 0 bridgehead atoms. The predicted molar refractivity (Wildman–Crippen MR) is 75.8 cm³/mol. The van der Waals surface area contributed by atoms with Crippen molar-refractivity contribution in [3.8, 4) is 11.5 Å². The van der Waals surface area contributed by atoms with Crippen LogP contribution in [0.4, 0.5) is 0 Å². The average Bonchev–Trinajstić information content (AvgIpc) is 2.73. The highest BCUT2D eigenvalue weighted by molar-refractivity contribution is 7.90. The number of sulfonamides is 1. The van der Waals surface area contributed by atoms with E-state index in [9.17, 15) is 13.2 Å². The number of carbonyl (C=O) groups excluding carboxylic acids is 1. The molecular weight excluding hydrogens is 314 g/mol. The van der Waals surface area contributed by atoms with Crippen molar-refractivity contribution < 1.29 is 32.2 Å². The molecule has 0 unspecified atom stereocenters. The number of hydrogen-bond acceptors (Lipinski definition) is 7. The molecule has 0 aromatic heterocycles. The van der Waals surface area contributed by atoms with Crippen LogP contribution in [0.5, 0.6) is 11.5 Å². The fourth-order valence-electron chi connectivity index (χ4n) is 1.99. The Morgan fingerprint density at radius 3 is 2.41 bits per heavy atom. The van der Waals surface area contributed by atoms with Crippen LogP contribution in [0.15, 0.2) is 17.0 Å². The minimum Gasteiger partial charge on any atom is -0.496 e. The second kappa shape index (κ2) is 6.95. The molecule has 0 saturated heterocycles. The van der Waals surface area contributed by atoms with Gasteiger partial charge in [0.15, 0.2) is 0 Å². The van der Waals surface area contributed by atoms with Gasteiger partial charge < -0.3 is 18.9 Å². The van der Waals surface area contributed by atoms with E-state index in [4.69, 9.17) is 18.9 Å². The van der Waals surface area contributed by atoms with Gasteiger partial charge in [0.25, 0.3) is 15.9 Å². The Hall–Kier alpha value is -1.84. The highest BCUT2D eigenvalue weighted by Crippen LogP contribution is 2.37. The summed E-state index contributed by atoms with van der Waals surface area (Å²) < 4.78 is 46.4. The monoisotopic (exact) mass is 331 g/mol. The zero-order chi connectivity index (χ0) is 16.2. The van der Waals surface area contributed by atoms with Crippen molar-refractivity contribution in [1.29, 1.82) is 0 Å². The Morgan fingerprint density at radius 1 is 1.05 bits per heavy atom. The van der Waals surface area contributed by atoms with Gasteiger partial charge in [-0.3, -0.25) is 4.79 Å². The first-order chi connectivity index (χ1) is 10.5. The Bertz CT molecular complexity index is 657. The number of methoxy groups -OCH3 is 2. The second-order valence-corrected chi connectivity index (χ2v) is 5.98. The van der Waals surface area contributed by atoms with Crippen LogP contribution in [0.2, 0.25) is 0 Å².